The van der Waals surface area contributed by atoms with Gasteiger partial charge in [0, 0.05) is 11.8 Å². The summed E-state index contributed by atoms with van der Waals surface area (Å²) in [5, 5.41) is 10.2. The van der Waals surface area contributed by atoms with Crippen LogP contribution in [0.3, 0.4) is 0 Å². The maximum atomic E-state index is 11.2. The lowest BCUT2D eigenvalue weighted by Crippen LogP contribution is -2.17. The predicted octanol–water partition coefficient (Wildman–Crippen LogP) is 0.931. The molecule has 0 aromatic carbocycles. The Bertz CT molecular complexity index is 718. The highest BCUT2D eigenvalue weighted by Gasteiger charge is 2.26. The summed E-state index contributed by atoms with van der Waals surface area (Å²) < 4.78 is 0. The van der Waals surface area contributed by atoms with E-state index in [-0.39, 0.29) is 5.56 Å². The number of nitrogens with zero attached hydrogens (tertiary/aromatic N) is 2. The molecule has 2 aromatic heterocycles. The second-order valence-corrected chi connectivity index (χ2v) is 5.66. The lowest BCUT2D eigenvalue weighted by molar-refractivity contribution is -0.137. The number of aliphatic imine (C=N–C) groups is 1. The van der Waals surface area contributed by atoms with Crippen molar-refractivity contribution in [3.63, 3.8) is 0 Å². The first-order valence-corrected chi connectivity index (χ1v) is 6.87. The van der Waals surface area contributed by atoms with Crippen LogP contribution in [0.5, 0.6) is 0 Å². The monoisotopic (exact) mass is 281 g/mol. The molecule has 1 atom stereocenters. The highest BCUT2D eigenvalue weighted by atomic mass is 32.2. The highest BCUT2D eigenvalue weighted by molar-refractivity contribution is 8.15. The Morgan fingerprint density at radius 3 is 3.06 bits per heavy atom. The predicted molar refractivity (Wildman–Crippen MR) is 70.7 cm³/mol. The topological polar surface area (TPSA) is 95.4 Å². The van der Waals surface area contributed by atoms with E-state index in [1.807, 2.05) is 0 Å². The summed E-state index contributed by atoms with van der Waals surface area (Å²) in [5.41, 5.74) is 0.513. The number of fused-ring (bicyclic) bond motifs is 1. The van der Waals surface area contributed by atoms with Crippen molar-refractivity contribution in [1.29, 1.82) is 0 Å². The quantitative estimate of drug-likeness (QED) is 0.853. The molecule has 3 heterocycles. The van der Waals surface area contributed by atoms with Crippen molar-refractivity contribution in [2.75, 3.05) is 5.75 Å². The molecule has 0 bridgehead atoms. The third-order valence-electron chi connectivity index (χ3n) is 2.40. The van der Waals surface area contributed by atoms with Crippen molar-refractivity contribution in [3.8, 4) is 0 Å². The molecule has 0 spiro atoms. The molecule has 8 heteroatoms. The molecular formula is C10H7N3O3S2. The Morgan fingerprint density at radius 1 is 1.50 bits per heavy atom. The molecule has 2 N–H and O–H groups in total. The fraction of sp³-hybridized carbons (Fsp3) is 0.200. The molecule has 6 nitrogen and oxygen atoms in total. The van der Waals surface area contributed by atoms with Crippen LogP contribution in [0.4, 0.5) is 0 Å². The van der Waals surface area contributed by atoms with E-state index >= 15 is 0 Å². The number of hydrogen-bond acceptors (Lipinski definition) is 6. The summed E-state index contributed by atoms with van der Waals surface area (Å²) in [4.78, 5) is 33.8. The lowest BCUT2D eigenvalue weighted by atomic mass is 10.4. The zero-order chi connectivity index (χ0) is 12.7. The minimum atomic E-state index is -0.924. The van der Waals surface area contributed by atoms with Gasteiger partial charge in [-0.3, -0.25) is 9.79 Å². The number of nitrogens with one attached hydrogen (secondary N) is 1. The number of pyridine rings is 1. The number of thiazole rings is 1. The first-order chi connectivity index (χ1) is 8.63. The normalized spacial score (nSPS) is 19.1. The van der Waals surface area contributed by atoms with Gasteiger partial charge in [-0.15, -0.1) is 11.8 Å². The second-order valence-electron chi connectivity index (χ2n) is 3.66. The number of carbonyl (C=O) groups is 1. The first-order valence-electron chi connectivity index (χ1n) is 5.07. The van der Waals surface area contributed by atoms with Gasteiger partial charge in [-0.05, 0) is 6.07 Å². The smallest absolute Gasteiger partial charge is 0.329 e. The van der Waals surface area contributed by atoms with Crippen molar-refractivity contribution in [1.82, 2.24) is 9.97 Å². The molecule has 92 valence electrons. The number of carboxylic acid groups (broad SMARTS) is 1. The molecule has 1 aliphatic rings. The Labute approximate surface area is 109 Å². The van der Waals surface area contributed by atoms with E-state index in [2.05, 4.69) is 15.0 Å². The van der Waals surface area contributed by atoms with E-state index in [9.17, 15) is 9.59 Å². The number of thioether (sulfide) groups is 1. The van der Waals surface area contributed by atoms with E-state index < -0.39 is 12.0 Å². The average molecular weight is 281 g/mol. The standard InChI is InChI=1S/C10H7N3O3S2/c14-6-2-1-4-7(13-6)18-9(11-4)8-12-5(3-17-8)10(15)16/h1-2,5H,3H2,(H,13,14)(H,15,16). The second kappa shape index (κ2) is 4.21. The maximum absolute atomic E-state index is 11.2. The van der Waals surface area contributed by atoms with Crippen molar-refractivity contribution < 1.29 is 9.90 Å². The minimum Gasteiger partial charge on any atom is -0.480 e. The lowest BCUT2D eigenvalue weighted by Gasteiger charge is -1.93. The van der Waals surface area contributed by atoms with Crippen LogP contribution in [-0.4, -0.2) is 37.9 Å². The van der Waals surface area contributed by atoms with Crippen molar-refractivity contribution >= 4 is 44.5 Å². The largest absolute Gasteiger partial charge is 0.480 e. The van der Waals surface area contributed by atoms with Crippen LogP contribution in [0.1, 0.15) is 5.01 Å². The van der Waals surface area contributed by atoms with Crippen LogP contribution in [-0.2, 0) is 4.79 Å². The number of aliphatic carboxylic acids is 1. The van der Waals surface area contributed by atoms with E-state index in [0.717, 1.165) is 0 Å². The van der Waals surface area contributed by atoms with Gasteiger partial charge in [0.15, 0.2) is 11.0 Å². The van der Waals surface area contributed by atoms with Crippen LogP contribution in [0, 0.1) is 0 Å². The molecule has 0 fully saturated rings. The maximum Gasteiger partial charge on any atom is 0.329 e. The van der Waals surface area contributed by atoms with E-state index in [1.165, 1.54) is 29.2 Å². The van der Waals surface area contributed by atoms with Crippen LogP contribution < -0.4 is 5.56 Å². The molecule has 1 unspecified atom stereocenters. The van der Waals surface area contributed by atoms with Crippen LogP contribution in [0.25, 0.3) is 10.3 Å². The number of rotatable bonds is 2. The third kappa shape index (κ3) is 1.93. The number of aromatic amines is 1. The number of H-pyrrole nitrogens is 1. The average Bonchev–Trinajstić information content (AvgIpc) is 2.93. The number of aromatic nitrogens is 2. The Balaban J connectivity index is 2.03. The van der Waals surface area contributed by atoms with Crippen LogP contribution >= 0.6 is 23.1 Å². The fourth-order valence-corrected chi connectivity index (χ4v) is 3.60. The molecule has 0 amide bonds. The van der Waals surface area contributed by atoms with Crippen molar-refractivity contribution in [3.05, 3.63) is 27.5 Å². The molecule has 18 heavy (non-hydrogen) atoms. The van der Waals surface area contributed by atoms with Crippen molar-refractivity contribution in [2.24, 2.45) is 4.99 Å². The van der Waals surface area contributed by atoms with Gasteiger partial charge in [-0.25, -0.2) is 9.78 Å². The number of hydrogen-bond donors (Lipinski definition) is 2. The SMILES string of the molecule is O=C(O)C1CSC(c2nc3ccc(=O)[nH]c3s2)=N1. The summed E-state index contributed by atoms with van der Waals surface area (Å²) in [7, 11) is 0. The van der Waals surface area contributed by atoms with Gasteiger partial charge in [0.1, 0.15) is 9.87 Å². The molecule has 0 saturated carbocycles. The third-order valence-corrected chi connectivity index (χ3v) is 4.58. The highest BCUT2D eigenvalue weighted by Crippen LogP contribution is 2.28. The van der Waals surface area contributed by atoms with Gasteiger partial charge in [0.25, 0.3) is 0 Å². The summed E-state index contributed by atoms with van der Waals surface area (Å²) >= 11 is 2.69. The van der Waals surface area contributed by atoms with Crippen LogP contribution in [0.2, 0.25) is 0 Å². The summed E-state index contributed by atoms with van der Waals surface area (Å²) in [5.74, 6) is -0.496. The summed E-state index contributed by atoms with van der Waals surface area (Å²) in [6.07, 6.45) is 0. The Morgan fingerprint density at radius 2 is 2.33 bits per heavy atom. The summed E-state index contributed by atoms with van der Waals surface area (Å²) in [6, 6.07) is 2.36. The van der Waals surface area contributed by atoms with Gasteiger partial charge < -0.3 is 10.1 Å². The Kier molecular flexibility index (Phi) is 2.67. The van der Waals surface area contributed by atoms with E-state index in [1.54, 1.807) is 6.07 Å². The zero-order valence-corrected chi connectivity index (χ0v) is 10.5. The molecule has 3 rings (SSSR count). The van der Waals surface area contributed by atoms with E-state index in [4.69, 9.17) is 5.11 Å². The molecule has 0 saturated heterocycles. The van der Waals surface area contributed by atoms with Gasteiger partial charge in [0.05, 0.1) is 5.52 Å². The zero-order valence-electron chi connectivity index (χ0n) is 8.91. The van der Waals surface area contributed by atoms with E-state index in [0.29, 0.717) is 26.2 Å². The minimum absolute atomic E-state index is 0.179. The molecule has 2 aromatic rings. The van der Waals surface area contributed by atoms with Gasteiger partial charge in [0.2, 0.25) is 5.56 Å². The molecule has 1 aliphatic heterocycles. The summed E-state index contributed by atoms with van der Waals surface area (Å²) in [6.45, 7) is 0. The Hall–Kier alpha value is -1.67. The van der Waals surface area contributed by atoms with Gasteiger partial charge in [-0.1, -0.05) is 11.3 Å². The number of carboxylic acids is 1. The van der Waals surface area contributed by atoms with Crippen molar-refractivity contribution in [2.45, 2.75) is 6.04 Å². The molecule has 0 aliphatic carbocycles. The first kappa shape index (κ1) is 11.4. The van der Waals surface area contributed by atoms with Crippen LogP contribution in [0.15, 0.2) is 21.9 Å². The van der Waals surface area contributed by atoms with Gasteiger partial charge in [-0.2, -0.15) is 0 Å². The van der Waals surface area contributed by atoms with Gasteiger partial charge >= 0.3 is 5.97 Å². The molecular weight excluding hydrogens is 274 g/mol. The fourth-order valence-electron chi connectivity index (χ4n) is 1.55. The molecule has 0 radical (unpaired) electrons.